The van der Waals surface area contributed by atoms with Crippen LogP contribution in [0.25, 0.3) is 0 Å². The topological polar surface area (TPSA) is 119 Å². The van der Waals surface area contributed by atoms with Gasteiger partial charge in [0, 0.05) is 10.5 Å². The molecule has 6 rings (SSSR count). The highest BCUT2D eigenvalue weighted by molar-refractivity contribution is 8.00. The number of esters is 1. The van der Waals surface area contributed by atoms with E-state index in [1.165, 1.54) is 70.6 Å². The molecule has 0 heterocycles. The molecule has 290 valence electrons. The normalized spacial score (nSPS) is 37.4. The van der Waals surface area contributed by atoms with Crippen molar-refractivity contribution in [2.24, 2.45) is 47.3 Å². The molecule has 9 heteroatoms. The number of rotatable bonds is 14. The van der Waals surface area contributed by atoms with Crippen molar-refractivity contribution in [3.8, 4) is 0 Å². The zero-order valence-electron chi connectivity index (χ0n) is 31.3. The van der Waals surface area contributed by atoms with Crippen LogP contribution in [0, 0.1) is 47.3 Å². The fourth-order valence-corrected chi connectivity index (χ4v) is 12.8. The van der Waals surface area contributed by atoms with Crippen molar-refractivity contribution in [2.75, 3.05) is 6.61 Å². The molecule has 0 bridgehead atoms. The Morgan fingerprint density at radius 2 is 1.02 bits per heavy atom. The van der Waals surface area contributed by atoms with Crippen molar-refractivity contribution < 1.29 is 39.1 Å². The summed E-state index contributed by atoms with van der Waals surface area (Å²) in [6.45, 7) is 0.383. The number of carbonyl (C=O) groups excluding carboxylic acids is 1. The Labute approximate surface area is 311 Å². The van der Waals surface area contributed by atoms with Gasteiger partial charge >= 0.3 is 17.9 Å². The van der Waals surface area contributed by atoms with Crippen LogP contribution < -0.4 is 0 Å². The smallest absolute Gasteiger partial charge is 0.310 e. The Morgan fingerprint density at radius 1 is 0.510 bits per heavy atom. The van der Waals surface area contributed by atoms with E-state index in [4.69, 9.17) is 14.5 Å². The molecule has 0 aromatic rings. The summed E-state index contributed by atoms with van der Waals surface area (Å²) in [5, 5.41) is 21.2. The third-order valence-electron chi connectivity index (χ3n) is 14.2. The average Bonchev–Trinajstić information content (AvgIpc) is 3.14. The first-order valence-electron chi connectivity index (χ1n) is 21.4. The second-order valence-electron chi connectivity index (χ2n) is 17.8. The van der Waals surface area contributed by atoms with Gasteiger partial charge in [-0.3, -0.25) is 14.4 Å². The SMILES string of the molecule is O=C(O)C1CC(CC2CCCCC2)CCC1COOC1CCC(SC2CCC(OC(=O)C3CCC(CC4CCCCC4)CC3C(=O)O)CC2)CC1. The third-order valence-corrected chi connectivity index (χ3v) is 15.9. The Kier molecular flexibility index (Phi) is 15.3. The van der Waals surface area contributed by atoms with Crippen molar-refractivity contribution in [1.29, 1.82) is 0 Å². The van der Waals surface area contributed by atoms with Gasteiger partial charge in [0.05, 0.1) is 30.5 Å². The fourth-order valence-electron chi connectivity index (χ4n) is 11.1. The molecule has 0 aromatic carbocycles. The van der Waals surface area contributed by atoms with E-state index in [1.807, 2.05) is 0 Å². The van der Waals surface area contributed by atoms with E-state index in [0.717, 1.165) is 95.3 Å². The molecular weight excluding hydrogens is 665 g/mol. The summed E-state index contributed by atoms with van der Waals surface area (Å²) in [4.78, 5) is 49.3. The third kappa shape index (κ3) is 11.8. The molecule has 8 nitrogen and oxygen atoms in total. The van der Waals surface area contributed by atoms with Gasteiger partial charge in [-0.05, 0) is 126 Å². The van der Waals surface area contributed by atoms with E-state index in [-0.39, 0.29) is 30.0 Å². The Balaban J connectivity index is 0.835. The zero-order valence-corrected chi connectivity index (χ0v) is 32.1. The van der Waals surface area contributed by atoms with Gasteiger partial charge in [0.25, 0.3) is 0 Å². The lowest BCUT2D eigenvalue weighted by atomic mass is 9.70. The van der Waals surface area contributed by atoms with Gasteiger partial charge in [-0.25, -0.2) is 9.78 Å². The zero-order chi connectivity index (χ0) is 35.6. The number of hydrogen-bond acceptors (Lipinski definition) is 7. The van der Waals surface area contributed by atoms with E-state index < -0.39 is 23.8 Å². The second-order valence-corrected chi connectivity index (χ2v) is 19.5. The monoisotopic (exact) mass is 732 g/mol. The molecular formula is C42H68O8S. The molecule has 6 fully saturated rings. The van der Waals surface area contributed by atoms with Crippen molar-refractivity contribution >= 4 is 29.7 Å². The number of hydrogen-bond donors (Lipinski definition) is 2. The minimum absolute atomic E-state index is 0.0379. The molecule has 0 spiro atoms. The molecule has 0 aliphatic heterocycles. The predicted octanol–water partition coefficient (Wildman–Crippen LogP) is 10.0. The second kappa shape index (κ2) is 19.8. The maximum absolute atomic E-state index is 13.3. The maximum Gasteiger partial charge on any atom is 0.310 e. The predicted molar refractivity (Wildman–Crippen MR) is 199 cm³/mol. The van der Waals surface area contributed by atoms with Crippen LogP contribution in [0.15, 0.2) is 0 Å². The maximum atomic E-state index is 13.3. The number of carboxylic acids is 2. The van der Waals surface area contributed by atoms with Gasteiger partial charge in [0.1, 0.15) is 6.10 Å². The fraction of sp³-hybridized carbons (Fsp3) is 0.929. The van der Waals surface area contributed by atoms with Crippen molar-refractivity contribution in [3.63, 3.8) is 0 Å². The van der Waals surface area contributed by atoms with E-state index in [1.54, 1.807) is 0 Å². The van der Waals surface area contributed by atoms with Crippen LogP contribution in [0.1, 0.15) is 167 Å². The molecule has 2 N–H and O–H groups in total. The van der Waals surface area contributed by atoms with Crippen LogP contribution in [0.5, 0.6) is 0 Å². The summed E-state index contributed by atoms with van der Waals surface area (Å²) < 4.78 is 6.01. The lowest BCUT2D eigenvalue weighted by Crippen LogP contribution is -2.39. The van der Waals surface area contributed by atoms with Gasteiger partial charge in [0.2, 0.25) is 0 Å². The standard InChI is InChI=1S/C42H68O8S/c43-40(44)38-25-30(23-28-7-3-1-4-8-28)11-13-32(38)27-48-50-34-16-20-36(21-17-34)51-35-18-14-33(15-19-35)49-42(47)37-22-12-31(26-39(37)41(45)46)24-29-9-5-2-6-10-29/h28-39H,1-27H2,(H,43,44)(H,45,46). The van der Waals surface area contributed by atoms with E-state index in [2.05, 4.69) is 11.8 Å². The van der Waals surface area contributed by atoms with Crippen molar-refractivity contribution in [2.45, 2.75) is 190 Å². The quantitative estimate of drug-likeness (QED) is 0.102. The lowest BCUT2D eigenvalue weighted by molar-refractivity contribution is -0.336. The van der Waals surface area contributed by atoms with Gasteiger partial charge < -0.3 is 14.9 Å². The minimum atomic E-state index is -0.828. The first kappa shape index (κ1) is 39.4. The van der Waals surface area contributed by atoms with Gasteiger partial charge in [-0.2, -0.15) is 11.8 Å². The minimum Gasteiger partial charge on any atom is -0.481 e. The van der Waals surface area contributed by atoms with Crippen molar-refractivity contribution in [1.82, 2.24) is 0 Å². The largest absolute Gasteiger partial charge is 0.481 e. The van der Waals surface area contributed by atoms with Gasteiger partial charge in [-0.15, -0.1) is 0 Å². The summed E-state index contributed by atoms with van der Waals surface area (Å²) in [6.07, 6.45) is 28.5. The summed E-state index contributed by atoms with van der Waals surface area (Å²) in [5.41, 5.74) is 0. The molecule has 6 saturated carbocycles. The molecule has 6 atom stereocenters. The van der Waals surface area contributed by atoms with Crippen LogP contribution in [-0.4, -0.2) is 57.4 Å². The Hall–Kier alpha value is -1.32. The first-order chi connectivity index (χ1) is 24.8. The highest BCUT2D eigenvalue weighted by Gasteiger charge is 2.42. The average molecular weight is 733 g/mol. The van der Waals surface area contributed by atoms with Gasteiger partial charge in [-0.1, -0.05) is 70.6 Å². The van der Waals surface area contributed by atoms with E-state index in [0.29, 0.717) is 41.8 Å². The van der Waals surface area contributed by atoms with Crippen LogP contribution in [0.4, 0.5) is 0 Å². The summed E-state index contributed by atoms with van der Waals surface area (Å²) in [6, 6.07) is 0. The number of carbonyl (C=O) groups is 3. The number of thioether (sulfide) groups is 1. The van der Waals surface area contributed by atoms with Crippen LogP contribution in [0.2, 0.25) is 0 Å². The first-order valence-corrected chi connectivity index (χ1v) is 22.3. The molecule has 6 aliphatic carbocycles. The Bertz CT molecular complexity index is 1090. The summed E-state index contributed by atoms with van der Waals surface area (Å²) in [7, 11) is 0. The number of carboxylic acid groups (broad SMARTS) is 2. The van der Waals surface area contributed by atoms with Crippen LogP contribution in [-0.2, 0) is 28.9 Å². The highest BCUT2D eigenvalue weighted by atomic mass is 32.2. The molecule has 0 radical (unpaired) electrons. The number of aliphatic carboxylic acids is 2. The summed E-state index contributed by atoms with van der Waals surface area (Å²) >= 11 is 2.09. The molecule has 6 unspecified atom stereocenters. The number of ether oxygens (including phenoxy) is 1. The molecule has 0 amide bonds. The molecule has 6 aliphatic rings. The lowest BCUT2D eigenvalue weighted by Gasteiger charge is -2.37. The molecule has 0 saturated heterocycles. The van der Waals surface area contributed by atoms with E-state index in [9.17, 15) is 24.6 Å². The van der Waals surface area contributed by atoms with Crippen LogP contribution in [0.3, 0.4) is 0 Å². The molecule has 51 heavy (non-hydrogen) atoms. The van der Waals surface area contributed by atoms with Crippen molar-refractivity contribution in [3.05, 3.63) is 0 Å². The summed E-state index contributed by atoms with van der Waals surface area (Å²) in [5.74, 6) is -0.642. The van der Waals surface area contributed by atoms with Gasteiger partial charge in [0.15, 0.2) is 0 Å². The highest BCUT2D eigenvalue weighted by Crippen LogP contribution is 2.43. The van der Waals surface area contributed by atoms with Crippen LogP contribution >= 0.6 is 11.8 Å². The van der Waals surface area contributed by atoms with E-state index >= 15 is 0 Å². The Morgan fingerprint density at radius 3 is 1.57 bits per heavy atom. The molecule has 0 aromatic heterocycles.